The second-order valence-electron chi connectivity index (χ2n) is 13.7. The molecule has 182 valence electrons. The topological polar surface area (TPSA) is 18.5 Å². The van der Waals surface area contributed by atoms with Crippen LogP contribution in [0.15, 0.2) is 23.3 Å². The van der Waals surface area contributed by atoms with Crippen molar-refractivity contribution in [2.75, 3.05) is 0 Å². The molecule has 0 N–H and O–H groups in total. The lowest BCUT2D eigenvalue weighted by molar-refractivity contribution is -0.214. The summed E-state index contributed by atoms with van der Waals surface area (Å²) in [6.45, 7) is 21.5. The highest BCUT2D eigenvalue weighted by atomic mass is 16.7. The number of hydrogen-bond acceptors (Lipinski definition) is 2. The summed E-state index contributed by atoms with van der Waals surface area (Å²) in [6, 6.07) is 0. The molecule has 4 aliphatic rings. The largest absolute Gasteiger partial charge is 0.345 e. The second kappa shape index (κ2) is 8.26. The predicted molar refractivity (Wildman–Crippen MR) is 134 cm³/mol. The van der Waals surface area contributed by atoms with Crippen LogP contribution in [0.4, 0.5) is 0 Å². The minimum absolute atomic E-state index is 0.212. The van der Waals surface area contributed by atoms with Gasteiger partial charge in [0.05, 0.1) is 12.2 Å². The van der Waals surface area contributed by atoms with Crippen LogP contribution >= 0.6 is 0 Å². The van der Waals surface area contributed by atoms with E-state index in [0.717, 1.165) is 24.7 Å². The Balaban J connectivity index is 1.52. The smallest absolute Gasteiger partial charge is 0.177 e. The SMILES string of the molecule is CC(C)=CCCC(C)=CC(OC1CC2CCC1(C)C2(C)C)OC1CC2CCC1(C)C2(C)C. The Morgan fingerprint density at radius 3 is 1.62 bits per heavy atom. The van der Waals surface area contributed by atoms with E-state index in [9.17, 15) is 0 Å². The molecule has 0 saturated heterocycles. The van der Waals surface area contributed by atoms with Gasteiger partial charge in [-0.2, -0.15) is 0 Å². The van der Waals surface area contributed by atoms with E-state index in [-0.39, 0.29) is 17.1 Å². The van der Waals surface area contributed by atoms with Crippen molar-refractivity contribution in [2.45, 2.75) is 132 Å². The fourth-order valence-corrected chi connectivity index (χ4v) is 8.01. The van der Waals surface area contributed by atoms with Crippen LogP contribution in [0.25, 0.3) is 0 Å². The summed E-state index contributed by atoms with van der Waals surface area (Å²) < 4.78 is 13.9. The minimum atomic E-state index is -0.212. The van der Waals surface area contributed by atoms with Crippen molar-refractivity contribution in [3.63, 3.8) is 0 Å². The fraction of sp³-hybridized carbons (Fsp3) is 0.867. The van der Waals surface area contributed by atoms with Gasteiger partial charge in [-0.05, 0) is 112 Å². The van der Waals surface area contributed by atoms with Gasteiger partial charge in [0.2, 0.25) is 0 Å². The van der Waals surface area contributed by atoms with Crippen LogP contribution in [0, 0.1) is 33.5 Å². The molecule has 0 aliphatic heterocycles. The zero-order valence-electron chi connectivity index (χ0n) is 22.5. The summed E-state index contributed by atoms with van der Waals surface area (Å²) in [5, 5.41) is 0. The Morgan fingerprint density at radius 2 is 1.28 bits per heavy atom. The van der Waals surface area contributed by atoms with Crippen molar-refractivity contribution in [2.24, 2.45) is 33.5 Å². The molecular formula is C30H50O2. The molecule has 6 unspecified atom stereocenters. The monoisotopic (exact) mass is 442 g/mol. The number of hydrogen-bond donors (Lipinski definition) is 0. The van der Waals surface area contributed by atoms with Gasteiger partial charge in [-0.15, -0.1) is 0 Å². The summed E-state index contributed by atoms with van der Waals surface area (Å²) in [5.41, 5.74) is 4.06. The summed E-state index contributed by atoms with van der Waals surface area (Å²) in [4.78, 5) is 0. The molecule has 32 heavy (non-hydrogen) atoms. The summed E-state index contributed by atoms with van der Waals surface area (Å²) in [7, 11) is 0. The zero-order chi connectivity index (χ0) is 23.5. The average molecular weight is 443 g/mol. The normalized spacial score (nSPS) is 42.5. The maximum Gasteiger partial charge on any atom is 0.177 e. The first-order chi connectivity index (χ1) is 14.8. The van der Waals surface area contributed by atoms with Crippen molar-refractivity contribution in [1.82, 2.24) is 0 Å². The van der Waals surface area contributed by atoms with Gasteiger partial charge in [0, 0.05) is 0 Å². The molecule has 2 nitrogen and oxygen atoms in total. The van der Waals surface area contributed by atoms with Crippen molar-refractivity contribution in [3.05, 3.63) is 23.3 Å². The highest BCUT2D eigenvalue weighted by Gasteiger charge is 2.64. The molecule has 0 aromatic rings. The van der Waals surface area contributed by atoms with Crippen molar-refractivity contribution in [1.29, 1.82) is 0 Å². The standard InChI is InChI=1S/C30H50O2/c1-20(2)11-10-12-21(3)17-26(31-24-18-22-13-15-29(24,8)27(22,4)5)32-25-19-23-14-16-30(25,9)28(23,6)7/h11,17,22-26H,10,12-16,18-19H2,1-9H3. The van der Waals surface area contributed by atoms with Crippen LogP contribution in [0.3, 0.4) is 0 Å². The van der Waals surface area contributed by atoms with E-state index in [2.05, 4.69) is 74.5 Å². The van der Waals surface area contributed by atoms with E-state index < -0.39 is 0 Å². The van der Waals surface area contributed by atoms with Gasteiger partial charge in [-0.1, -0.05) is 58.8 Å². The Morgan fingerprint density at radius 1 is 0.812 bits per heavy atom. The fourth-order valence-electron chi connectivity index (χ4n) is 8.01. The lowest BCUT2D eigenvalue weighted by Crippen LogP contribution is -2.43. The molecule has 0 spiro atoms. The van der Waals surface area contributed by atoms with Crippen molar-refractivity contribution < 1.29 is 9.47 Å². The summed E-state index contributed by atoms with van der Waals surface area (Å²) >= 11 is 0. The molecule has 0 amide bonds. The number of fused-ring (bicyclic) bond motifs is 4. The average Bonchev–Trinajstić information content (AvgIpc) is 3.19. The highest BCUT2D eigenvalue weighted by molar-refractivity contribution is 5.14. The van der Waals surface area contributed by atoms with E-state index >= 15 is 0 Å². The Bertz CT molecular complexity index is 724. The molecular weight excluding hydrogens is 392 g/mol. The molecule has 4 aliphatic carbocycles. The Labute approximate surface area is 198 Å². The van der Waals surface area contributed by atoms with Gasteiger partial charge in [0.1, 0.15) is 0 Å². The molecule has 4 fully saturated rings. The van der Waals surface area contributed by atoms with E-state index in [1.807, 2.05) is 0 Å². The molecule has 6 atom stereocenters. The Hall–Kier alpha value is -0.600. The number of rotatable bonds is 8. The molecule has 4 rings (SSSR count). The quantitative estimate of drug-likeness (QED) is 0.277. The zero-order valence-corrected chi connectivity index (χ0v) is 22.5. The second-order valence-corrected chi connectivity index (χ2v) is 13.7. The van der Waals surface area contributed by atoms with Gasteiger partial charge in [-0.25, -0.2) is 0 Å². The first-order valence-electron chi connectivity index (χ1n) is 13.4. The summed E-state index contributed by atoms with van der Waals surface area (Å²) in [6.07, 6.45) is 15.0. The molecule has 4 saturated carbocycles. The van der Waals surface area contributed by atoms with Crippen LogP contribution in [0.2, 0.25) is 0 Å². The van der Waals surface area contributed by atoms with Gasteiger partial charge >= 0.3 is 0 Å². The van der Waals surface area contributed by atoms with E-state index in [1.165, 1.54) is 49.7 Å². The predicted octanol–water partition coefficient (Wildman–Crippen LogP) is 8.47. The van der Waals surface area contributed by atoms with Crippen LogP contribution in [0.1, 0.15) is 114 Å². The number of ether oxygens (including phenoxy) is 2. The highest BCUT2D eigenvalue weighted by Crippen LogP contribution is 2.68. The molecule has 0 radical (unpaired) electrons. The van der Waals surface area contributed by atoms with Crippen molar-refractivity contribution in [3.8, 4) is 0 Å². The van der Waals surface area contributed by atoms with Gasteiger partial charge in [0.15, 0.2) is 6.29 Å². The number of allylic oxidation sites excluding steroid dienone is 3. The van der Waals surface area contributed by atoms with Crippen LogP contribution in [-0.2, 0) is 9.47 Å². The molecule has 0 aromatic heterocycles. The first-order valence-corrected chi connectivity index (χ1v) is 13.4. The molecule has 0 heterocycles. The minimum Gasteiger partial charge on any atom is -0.345 e. The van der Waals surface area contributed by atoms with Crippen LogP contribution in [0.5, 0.6) is 0 Å². The molecule has 2 heteroatoms. The van der Waals surface area contributed by atoms with E-state index in [0.29, 0.717) is 23.0 Å². The van der Waals surface area contributed by atoms with E-state index in [1.54, 1.807) is 0 Å². The van der Waals surface area contributed by atoms with Crippen LogP contribution in [-0.4, -0.2) is 18.5 Å². The summed E-state index contributed by atoms with van der Waals surface area (Å²) in [5.74, 6) is 1.58. The van der Waals surface area contributed by atoms with Gasteiger partial charge < -0.3 is 9.47 Å². The lowest BCUT2D eigenvalue weighted by Gasteiger charge is -2.42. The maximum absolute atomic E-state index is 6.95. The van der Waals surface area contributed by atoms with Crippen LogP contribution < -0.4 is 0 Å². The van der Waals surface area contributed by atoms with E-state index in [4.69, 9.17) is 9.47 Å². The first kappa shape index (κ1) is 24.5. The third-order valence-corrected chi connectivity index (χ3v) is 11.5. The van der Waals surface area contributed by atoms with Gasteiger partial charge in [0.25, 0.3) is 0 Å². The maximum atomic E-state index is 6.95. The van der Waals surface area contributed by atoms with Crippen molar-refractivity contribution >= 4 is 0 Å². The third kappa shape index (κ3) is 3.76. The Kier molecular flexibility index (Phi) is 6.33. The lowest BCUT2D eigenvalue weighted by atomic mass is 9.70. The van der Waals surface area contributed by atoms with Gasteiger partial charge in [-0.3, -0.25) is 0 Å². The third-order valence-electron chi connectivity index (χ3n) is 11.5. The molecule has 0 aromatic carbocycles. The molecule has 4 bridgehead atoms.